The first-order valence-electron chi connectivity index (χ1n) is 9.63. The lowest BCUT2D eigenvalue weighted by molar-refractivity contribution is -0.132. The molecule has 0 radical (unpaired) electrons. The van der Waals surface area contributed by atoms with Gasteiger partial charge in [-0.05, 0) is 52.9 Å². The zero-order valence-electron chi connectivity index (χ0n) is 16.8. The molecule has 3 rings (SSSR count). The van der Waals surface area contributed by atoms with Gasteiger partial charge in [0, 0.05) is 26.2 Å². The van der Waals surface area contributed by atoms with E-state index in [4.69, 9.17) is 9.47 Å². The van der Waals surface area contributed by atoms with Crippen LogP contribution < -0.4 is 14.8 Å². The molecular formula is C21H27N3O4S. The van der Waals surface area contributed by atoms with Crippen LogP contribution in [0, 0.1) is 0 Å². The van der Waals surface area contributed by atoms with Crippen LogP contribution in [-0.4, -0.2) is 62.1 Å². The third-order valence-electron chi connectivity index (χ3n) is 4.92. The summed E-state index contributed by atoms with van der Waals surface area (Å²) in [5.41, 5.74) is 2.15. The van der Waals surface area contributed by atoms with Gasteiger partial charge in [-0.3, -0.25) is 4.79 Å². The minimum atomic E-state index is -0.167. The zero-order valence-corrected chi connectivity index (χ0v) is 17.7. The zero-order chi connectivity index (χ0) is 20.6. The molecular weight excluding hydrogens is 390 g/mol. The molecule has 1 aliphatic rings. The van der Waals surface area contributed by atoms with Crippen LogP contribution in [-0.2, 0) is 17.8 Å². The summed E-state index contributed by atoms with van der Waals surface area (Å²) in [6, 6.07) is 7.64. The second kappa shape index (κ2) is 10.2. The van der Waals surface area contributed by atoms with Crippen molar-refractivity contribution in [2.45, 2.75) is 19.4 Å². The fourth-order valence-corrected chi connectivity index (χ4v) is 3.95. The fourth-order valence-electron chi connectivity index (χ4n) is 3.29. The predicted molar refractivity (Wildman–Crippen MR) is 113 cm³/mol. The van der Waals surface area contributed by atoms with Crippen molar-refractivity contribution in [1.82, 2.24) is 15.1 Å². The smallest absolute Gasteiger partial charge is 0.317 e. The van der Waals surface area contributed by atoms with E-state index >= 15 is 0 Å². The standard InChI is InChI=1S/C21H27N3O4S/c1-27-18-5-4-16(12-19(18)28-2)6-10-23(13-17-7-11-29-15-17)20(25)14-24-9-3-8-22-21(24)26/h4-5,7,11-12,15H,3,6,8-10,13-14H2,1-2H3,(H,22,26). The van der Waals surface area contributed by atoms with Crippen LogP contribution in [0.5, 0.6) is 11.5 Å². The Balaban J connectivity index is 1.68. The number of nitrogens with zero attached hydrogens (tertiary/aromatic N) is 2. The van der Waals surface area contributed by atoms with E-state index in [0.29, 0.717) is 44.1 Å². The highest BCUT2D eigenvalue weighted by atomic mass is 32.1. The average Bonchev–Trinajstić information content (AvgIpc) is 3.25. The molecule has 3 amide bonds. The minimum absolute atomic E-state index is 0.0475. The second-order valence-corrected chi connectivity index (χ2v) is 7.67. The first-order chi connectivity index (χ1) is 14.1. The molecule has 29 heavy (non-hydrogen) atoms. The van der Waals surface area contributed by atoms with Crippen LogP contribution in [0.2, 0.25) is 0 Å². The van der Waals surface area contributed by atoms with Crippen molar-refractivity contribution in [3.63, 3.8) is 0 Å². The maximum absolute atomic E-state index is 13.0. The number of rotatable bonds is 9. The maximum atomic E-state index is 13.0. The number of methoxy groups -OCH3 is 2. The second-order valence-electron chi connectivity index (χ2n) is 6.89. The number of hydrogen-bond donors (Lipinski definition) is 1. The molecule has 2 heterocycles. The Morgan fingerprint density at radius 3 is 2.72 bits per heavy atom. The van der Waals surface area contributed by atoms with Crippen molar-refractivity contribution in [1.29, 1.82) is 0 Å². The molecule has 0 spiro atoms. The van der Waals surface area contributed by atoms with Gasteiger partial charge in [-0.1, -0.05) is 6.07 Å². The Labute approximate surface area is 175 Å². The summed E-state index contributed by atoms with van der Waals surface area (Å²) in [6.07, 6.45) is 1.54. The van der Waals surface area contributed by atoms with Crippen LogP contribution in [0.1, 0.15) is 17.5 Å². The number of carbonyl (C=O) groups is 2. The topological polar surface area (TPSA) is 71.1 Å². The summed E-state index contributed by atoms with van der Waals surface area (Å²) in [5, 5.41) is 6.85. The molecule has 0 atom stereocenters. The number of thiophene rings is 1. The first-order valence-corrected chi connectivity index (χ1v) is 10.6. The van der Waals surface area contributed by atoms with Crippen molar-refractivity contribution in [3.8, 4) is 11.5 Å². The van der Waals surface area contributed by atoms with Gasteiger partial charge in [0.2, 0.25) is 5.91 Å². The van der Waals surface area contributed by atoms with Gasteiger partial charge in [-0.25, -0.2) is 4.79 Å². The van der Waals surface area contributed by atoms with Gasteiger partial charge in [-0.2, -0.15) is 11.3 Å². The monoisotopic (exact) mass is 417 g/mol. The number of nitrogens with one attached hydrogen (secondary N) is 1. The molecule has 1 saturated heterocycles. The van der Waals surface area contributed by atoms with Crippen molar-refractivity contribution in [2.75, 3.05) is 40.4 Å². The minimum Gasteiger partial charge on any atom is -0.493 e. The normalized spacial score (nSPS) is 13.7. The average molecular weight is 418 g/mol. The third kappa shape index (κ3) is 5.63. The highest BCUT2D eigenvalue weighted by Gasteiger charge is 2.23. The third-order valence-corrected chi connectivity index (χ3v) is 5.65. The molecule has 2 aromatic rings. The summed E-state index contributed by atoms with van der Waals surface area (Å²) in [7, 11) is 3.22. The van der Waals surface area contributed by atoms with Crippen LogP contribution in [0.25, 0.3) is 0 Å². The molecule has 7 nitrogen and oxygen atoms in total. The van der Waals surface area contributed by atoms with Gasteiger partial charge >= 0.3 is 6.03 Å². The summed E-state index contributed by atoms with van der Waals surface area (Å²) >= 11 is 1.61. The van der Waals surface area contributed by atoms with Crippen molar-refractivity contribution < 1.29 is 19.1 Å². The number of urea groups is 1. The highest BCUT2D eigenvalue weighted by Crippen LogP contribution is 2.27. The SMILES string of the molecule is COc1ccc(CCN(Cc2ccsc2)C(=O)CN2CCCNC2=O)cc1OC. The van der Waals surface area contributed by atoms with Crippen molar-refractivity contribution in [3.05, 3.63) is 46.2 Å². The number of benzene rings is 1. The van der Waals surface area contributed by atoms with E-state index in [-0.39, 0.29) is 18.5 Å². The summed E-state index contributed by atoms with van der Waals surface area (Å²) in [6.45, 7) is 2.47. The van der Waals surface area contributed by atoms with Crippen LogP contribution in [0.4, 0.5) is 4.79 Å². The first kappa shape index (κ1) is 21.0. The van der Waals surface area contributed by atoms with Crippen molar-refractivity contribution in [2.24, 2.45) is 0 Å². The van der Waals surface area contributed by atoms with E-state index in [1.807, 2.05) is 39.9 Å². The Morgan fingerprint density at radius 1 is 1.21 bits per heavy atom. The van der Waals surface area contributed by atoms with Crippen LogP contribution in [0.15, 0.2) is 35.0 Å². The van der Waals surface area contributed by atoms with E-state index < -0.39 is 0 Å². The molecule has 1 aliphatic heterocycles. The highest BCUT2D eigenvalue weighted by molar-refractivity contribution is 7.07. The summed E-state index contributed by atoms with van der Waals surface area (Å²) in [5.74, 6) is 1.30. The number of ether oxygens (including phenoxy) is 2. The van der Waals surface area contributed by atoms with Gasteiger partial charge in [0.05, 0.1) is 14.2 Å². The number of hydrogen-bond acceptors (Lipinski definition) is 5. The summed E-state index contributed by atoms with van der Waals surface area (Å²) in [4.78, 5) is 28.4. The molecule has 8 heteroatoms. The lowest BCUT2D eigenvalue weighted by atomic mass is 10.1. The molecule has 1 aromatic heterocycles. The Bertz CT molecular complexity index is 825. The van der Waals surface area contributed by atoms with Gasteiger partial charge in [0.15, 0.2) is 11.5 Å². The van der Waals surface area contributed by atoms with Gasteiger partial charge in [0.25, 0.3) is 0 Å². The van der Waals surface area contributed by atoms with E-state index in [1.54, 1.807) is 30.5 Å². The number of carbonyl (C=O) groups excluding carboxylic acids is 2. The molecule has 156 valence electrons. The van der Waals surface area contributed by atoms with Crippen LogP contribution >= 0.6 is 11.3 Å². The fraction of sp³-hybridized carbons (Fsp3) is 0.429. The molecule has 1 aromatic carbocycles. The predicted octanol–water partition coefficient (Wildman–Crippen LogP) is 2.75. The maximum Gasteiger partial charge on any atom is 0.317 e. The largest absolute Gasteiger partial charge is 0.493 e. The molecule has 0 bridgehead atoms. The van der Waals surface area contributed by atoms with E-state index in [0.717, 1.165) is 17.5 Å². The van der Waals surface area contributed by atoms with Crippen molar-refractivity contribution >= 4 is 23.3 Å². The molecule has 0 aliphatic carbocycles. The van der Waals surface area contributed by atoms with E-state index in [9.17, 15) is 9.59 Å². The lowest BCUT2D eigenvalue weighted by Gasteiger charge is -2.30. The molecule has 1 N–H and O–H groups in total. The van der Waals surface area contributed by atoms with Gasteiger partial charge < -0.3 is 24.6 Å². The van der Waals surface area contributed by atoms with E-state index in [2.05, 4.69) is 5.32 Å². The molecule has 0 unspecified atom stereocenters. The summed E-state index contributed by atoms with van der Waals surface area (Å²) < 4.78 is 10.7. The van der Waals surface area contributed by atoms with Gasteiger partial charge in [-0.15, -0.1) is 0 Å². The quantitative estimate of drug-likeness (QED) is 0.681. The van der Waals surface area contributed by atoms with Crippen LogP contribution in [0.3, 0.4) is 0 Å². The van der Waals surface area contributed by atoms with Gasteiger partial charge in [0.1, 0.15) is 6.54 Å². The Kier molecular flexibility index (Phi) is 7.35. The molecule has 1 fully saturated rings. The van der Waals surface area contributed by atoms with E-state index in [1.165, 1.54) is 0 Å². The Morgan fingerprint density at radius 2 is 2.03 bits per heavy atom. The molecule has 0 saturated carbocycles. The number of amides is 3. The lowest BCUT2D eigenvalue weighted by Crippen LogP contribution is -2.50. The Hall–Kier alpha value is -2.74.